The number of carbonyl (C=O) groups excluding carboxylic acids is 1. The molecule has 1 aliphatic rings. The molecule has 33 heavy (non-hydrogen) atoms. The summed E-state index contributed by atoms with van der Waals surface area (Å²) in [7, 11) is 1.67. The zero-order valence-corrected chi connectivity index (χ0v) is 20.2. The van der Waals surface area contributed by atoms with Gasteiger partial charge in [-0.1, -0.05) is 31.2 Å². The molecule has 6 nitrogen and oxygen atoms in total. The quantitative estimate of drug-likeness (QED) is 0.526. The zero-order valence-electron chi connectivity index (χ0n) is 20.2. The van der Waals surface area contributed by atoms with Crippen molar-refractivity contribution in [3.8, 4) is 5.75 Å². The van der Waals surface area contributed by atoms with Crippen LogP contribution in [0.2, 0.25) is 0 Å². The van der Waals surface area contributed by atoms with Crippen LogP contribution in [0.4, 0.5) is 5.82 Å². The fourth-order valence-corrected chi connectivity index (χ4v) is 4.88. The molecule has 0 unspecified atom stereocenters. The van der Waals surface area contributed by atoms with E-state index in [9.17, 15) is 4.79 Å². The van der Waals surface area contributed by atoms with Gasteiger partial charge in [0.25, 0.3) is 0 Å². The Kier molecular flexibility index (Phi) is 7.11. The fourth-order valence-electron chi connectivity index (χ4n) is 4.88. The number of carbonyl (C=O) groups is 1. The summed E-state index contributed by atoms with van der Waals surface area (Å²) < 4.78 is 5.42. The Hall–Kier alpha value is -3.15. The first-order valence-electron chi connectivity index (χ1n) is 11.9. The highest BCUT2D eigenvalue weighted by Gasteiger charge is 2.28. The van der Waals surface area contributed by atoms with Gasteiger partial charge in [-0.15, -0.1) is 0 Å². The molecule has 0 atom stereocenters. The summed E-state index contributed by atoms with van der Waals surface area (Å²) in [5, 5.41) is 2.22. The Bertz CT molecular complexity index is 1100. The second-order valence-electron chi connectivity index (χ2n) is 8.90. The van der Waals surface area contributed by atoms with Crippen molar-refractivity contribution in [3.05, 3.63) is 59.5 Å². The molecule has 6 heteroatoms. The largest absolute Gasteiger partial charge is 0.497 e. The van der Waals surface area contributed by atoms with Crippen LogP contribution in [0.5, 0.6) is 5.75 Å². The van der Waals surface area contributed by atoms with Gasteiger partial charge < -0.3 is 14.5 Å². The van der Waals surface area contributed by atoms with E-state index in [1.54, 1.807) is 7.11 Å². The number of anilines is 1. The predicted octanol–water partition coefficient (Wildman–Crippen LogP) is 4.71. The van der Waals surface area contributed by atoms with E-state index in [1.807, 2.05) is 32.0 Å². The Morgan fingerprint density at radius 3 is 2.61 bits per heavy atom. The summed E-state index contributed by atoms with van der Waals surface area (Å²) in [4.78, 5) is 27.0. The van der Waals surface area contributed by atoms with Gasteiger partial charge in [0.05, 0.1) is 13.5 Å². The van der Waals surface area contributed by atoms with Crippen LogP contribution in [0.25, 0.3) is 10.8 Å². The van der Waals surface area contributed by atoms with Gasteiger partial charge in [-0.2, -0.15) is 0 Å². The molecule has 4 rings (SSSR count). The molecule has 1 amide bonds. The summed E-state index contributed by atoms with van der Waals surface area (Å²) in [6.07, 6.45) is 3.28. The minimum atomic E-state index is 0.208. The number of benzene rings is 2. The normalized spacial score (nSPS) is 14.5. The highest BCUT2D eigenvalue weighted by molar-refractivity contribution is 5.91. The van der Waals surface area contributed by atoms with E-state index in [-0.39, 0.29) is 11.9 Å². The lowest BCUT2D eigenvalue weighted by atomic mass is 9.99. The maximum atomic E-state index is 13.5. The maximum Gasteiger partial charge on any atom is 0.227 e. The second-order valence-corrected chi connectivity index (χ2v) is 8.90. The van der Waals surface area contributed by atoms with E-state index in [0.717, 1.165) is 78.3 Å². The number of aryl methyl sites for hydroxylation is 2. The molecule has 0 saturated carbocycles. The predicted molar refractivity (Wildman–Crippen MR) is 133 cm³/mol. The van der Waals surface area contributed by atoms with Crippen LogP contribution in [0.15, 0.2) is 42.5 Å². The number of nitrogens with zero attached hydrogens (tertiary/aromatic N) is 4. The van der Waals surface area contributed by atoms with Gasteiger partial charge in [-0.3, -0.25) is 4.79 Å². The van der Waals surface area contributed by atoms with E-state index in [0.29, 0.717) is 6.42 Å². The summed E-state index contributed by atoms with van der Waals surface area (Å²) in [6, 6.07) is 14.5. The lowest BCUT2D eigenvalue weighted by Crippen LogP contribution is -2.48. The number of hydrogen-bond acceptors (Lipinski definition) is 5. The van der Waals surface area contributed by atoms with Gasteiger partial charge in [0.15, 0.2) is 0 Å². The monoisotopic (exact) mass is 446 g/mol. The molecule has 1 saturated heterocycles. The minimum Gasteiger partial charge on any atom is -0.497 e. The second kappa shape index (κ2) is 10.2. The smallest absolute Gasteiger partial charge is 0.227 e. The lowest BCUT2D eigenvalue weighted by Gasteiger charge is -2.39. The first-order chi connectivity index (χ1) is 16.0. The van der Waals surface area contributed by atoms with Gasteiger partial charge in [-0.25, -0.2) is 9.97 Å². The number of fused-ring (bicyclic) bond motifs is 1. The molecule has 0 radical (unpaired) electrons. The number of rotatable bonds is 7. The number of piperidine rings is 1. The van der Waals surface area contributed by atoms with Crippen molar-refractivity contribution in [2.45, 2.75) is 52.5 Å². The molecule has 0 N–H and O–H groups in total. The van der Waals surface area contributed by atoms with Crippen LogP contribution in [0.1, 0.15) is 43.3 Å². The van der Waals surface area contributed by atoms with Gasteiger partial charge in [0, 0.05) is 37.4 Å². The van der Waals surface area contributed by atoms with Crippen molar-refractivity contribution in [2.75, 3.05) is 31.6 Å². The van der Waals surface area contributed by atoms with Crippen LogP contribution < -0.4 is 9.64 Å². The Morgan fingerprint density at radius 1 is 1.12 bits per heavy atom. The van der Waals surface area contributed by atoms with Crippen molar-refractivity contribution >= 4 is 22.5 Å². The van der Waals surface area contributed by atoms with Crippen LogP contribution in [-0.4, -0.2) is 53.6 Å². The molecule has 0 bridgehead atoms. The third-order valence-electron chi connectivity index (χ3n) is 6.49. The van der Waals surface area contributed by atoms with E-state index < -0.39 is 0 Å². The first-order valence-corrected chi connectivity index (χ1v) is 11.9. The SMILES string of the molecule is CCCN(C(=O)Cc1cccc2ccc(OC)cc12)C1CCN(c2cc(C)nc(C)n2)CC1. The third kappa shape index (κ3) is 5.27. The molecule has 3 aromatic rings. The minimum absolute atomic E-state index is 0.208. The van der Waals surface area contributed by atoms with Crippen molar-refractivity contribution in [1.29, 1.82) is 0 Å². The number of ether oxygens (including phenoxy) is 1. The summed E-state index contributed by atoms with van der Waals surface area (Å²) in [6.45, 7) is 8.69. The fraction of sp³-hybridized carbons (Fsp3) is 0.444. The molecule has 1 aliphatic heterocycles. The van der Waals surface area contributed by atoms with E-state index in [2.05, 4.69) is 51.0 Å². The molecule has 2 aromatic carbocycles. The van der Waals surface area contributed by atoms with Gasteiger partial charge >= 0.3 is 0 Å². The van der Waals surface area contributed by atoms with Crippen molar-refractivity contribution in [1.82, 2.24) is 14.9 Å². The van der Waals surface area contributed by atoms with Gasteiger partial charge in [-0.05, 0) is 61.6 Å². The summed E-state index contributed by atoms with van der Waals surface area (Å²) in [5.74, 6) is 2.83. The van der Waals surface area contributed by atoms with Crippen LogP contribution in [-0.2, 0) is 11.2 Å². The average Bonchev–Trinajstić information content (AvgIpc) is 2.82. The number of methoxy groups -OCH3 is 1. The zero-order chi connectivity index (χ0) is 23.4. The number of aromatic nitrogens is 2. The third-order valence-corrected chi connectivity index (χ3v) is 6.49. The van der Waals surface area contributed by atoms with Crippen LogP contribution >= 0.6 is 0 Å². The topological polar surface area (TPSA) is 58.6 Å². The molecule has 174 valence electrons. The highest BCUT2D eigenvalue weighted by atomic mass is 16.5. The first kappa shape index (κ1) is 23.0. The maximum absolute atomic E-state index is 13.5. The Balaban J connectivity index is 1.48. The van der Waals surface area contributed by atoms with Crippen LogP contribution in [0.3, 0.4) is 0 Å². The number of amides is 1. The molecule has 0 spiro atoms. The summed E-state index contributed by atoms with van der Waals surface area (Å²) >= 11 is 0. The Morgan fingerprint density at radius 2 is 1.91 bits per heavy atom. The van der Waals surface area contributed by atoms with Crippen LogP contribution in [0, 0.1) is 13.8 Å². The molecule has 0 aliphatic carbocycles. The van der Waals surface area contributed by atoms with Crippen molar-refractivity contribution in [2.24, 2.45) is 0 Å². The average molecular weight is 447 g/mol. The lowest BCUT2D eigenvalue weighted by molar-refractivity contribution is -0.133. The molecule has 1 fully saturated rings. The van der Waals surface area contributed by atoms with Crippen molar-refractivity contribution < 1.29 is 9.53 Å². The highest BCUT2D eigenvalue weighted by Crippen LogP contribution is 2.26. The Labute approximate surface area is 196 Å². The number of hydrogen-bond donors (Lipinski definition) is 0. The van der Waals surface area contributed by atoms with E-state index in [1.165, 1.54) is 0 Å². The van der Waals surface area contributed by atoms with E-state index in [4.69, 9.17) is 4.74 Å². The molecular weight excluding hydrogens is 412 g/mol. The van der Waals surface area contributed by atoms with E-state index >= 15 is 0 Å². The molecule has 2 heterocycles. The van der Waals surface area contributed by atoms with Crippen molar-refractivity contribution in [3.63, 3.8) is 0 Å². The standard InChI is InChI=1S/C27H34N4O2/c1-5-13-31(23-11-14-30(15-12-23)26-16-19(2)28-20(3)29-26)27(32)17-22-8-6-7-21-9-10-24(33-4)18-25(21)22/h6-10,16,18,23H,5,11-15,17H2,1-4H3. The molecular formula is C27H34N4O2. The van der Waals surface area contributed by atoms with Gasteiger partial charge in [0.1, 0.15) is 17.4 Å². The van der Waals surface area contributed by atoms with Gasteiger partial charge in [0.2, 0.25) is 5.91 Å². The summed E-state index contributed by atoms with van der Waals surface area (Å²) in [5.41, 5.74) is 2.05. The molecule has 1 aromatic heterocycles.